The number of rotatable bonds is 3. The number of carbonyl (C=O) groups is 1. The van der Waals surface area contributed by atoms with Gasteiger partial charge < -0.3 is 9.80 Å². The molecule has 0 spiro atoms. The SMILES string of the molecule is Cn1cc(N2CCN(c3nc4c(cnn4-c4ccccc4)c(=O)[nH]3)CC2=O)cn1. The second kappa shape index (κ2) is 6.59. The summed E-state index contributed by atoms with van der Waals surface area (Å²) in [6, 6.07) is 9.49. The Morgan fingerprint density at radius 3 is 2.55 bits per heavy atom. The maximum Gasteiger partial charge on any atom is 0.263 e. The summed E-state index contributed by atoms with van der Waals surface area (Å²) < 4.78 is 3.29. The monoisotopic (exact) mass is 390 g/mol. The van der Waals surface area contributed by atoms with Gasteiger partial charge >= 0.3 is 0 Å². The predicted molar refractivity (Wildman–Crippen MR) is 107 cm³/mol. The highest BCUT2D eigenvalue weighted by Gasteiger charge is 2.27. The maximum absolute atomic E-state index is 12.7. The quantitative estimate of drug-likeness (QED) is 0.552. The van der Waals surface area contributed by atoms with Crippen molar-refractivity contribution in [3.8, 4) is 5.69 Å². The molecule has 5 rings (SSSR count). The number of carbonyl (C=O) groups excluding carboxylic acids is 1. The Morgan fingerprint density at radius 2 is 1.83 bits per heavy atom. The van der Waals surface area contributed by atoms with Crippen molar-refractivity contribution in [1.29, 1.82) is 0 Å². The molecule has 1 N–H and O–H groups in total. The molecule has 0 unspecified atom stereocenters. The molecule has 1 amide bonds. The Morgan fingerprint density at radius 1 is 1.00 bits per heavy atom. The van der Waals surface area contributed by atoms with Crippen molar-refractivity contribution >= 4 is 28.6 Å². The average molecular weight is 390 g/mol. The standard InChI is InChI=1S/C19H18N8O2/c1-24-11-14(9-20-24)26-8-7-25(12-16(26)28)19-22-17-15(18(29)23-19)10-21-27(17)13-5-3-2-4-6-13/h2-6,9-11H,7-8,12H2,1H3,(H,22,23,29). The number of aromatic amines is 1. The predicted octanol–water partition coefficient (Wildman–Crippen LogP) is 0.695. The number of piperazine rings is 1. The van der Waals surface area contributed by atoms with Crippen LogP contribution in [0.3, 0.4) is 0 Å². The minimum absolute atomic E-state index is 0.0800. The fraction of sp³-hybridized carbons (Fsp3) is 0.211. The van der Waals surface area contributed by atoms with Crippen molar-refractivity contribution in [1.82, 2.24) is 29.5 Å². The number of para-hydroxylation sites is 1. The number of nitrogens with zero attached hydrogens (tertiary/aromatic N) is 7. The molecule has 29 heavy (non-hydrogen) atoms. The van der Waals surface area contributed by atoms with Crippen LogP contribution in [0.15, 0.2) is 53.7 Å². The van der Waals surface area contributed by atoms with Gasteiger partial charge in [0.25, 0.3) is 5.56 Å². The zero-order valence-corrected chi connectivity index (χ0v) is 15.7. The molecule has 3 aromatic heterocycles. The fourth-order valence-electron chi connectivity index (χ4n) is 3.49. The zero-order chi connectivity index (χ0) is 20.0. The second-order valence-electron chi connectivity index (χ2n) is 6.86. The number of hydrogen-bond acceptors (Lipinski definition) is 6. The van der Waals surface area contributed by atoms with E-state index < -0.39 is 0 Å². The van der Waals surface area contributed by atoms with Crippen molar-refractivity contribution in [3.63, 3.8) is 0 Å². The molecule has 4 heterocycles. The van der Waals surface area contributed by atoms with E-state index in [1.54, 1.807) is 31.6 Å². The van der Waals surface area contributed by atoms with Gasteiger partial charge in [-0.2, -0.15) is 15.2 Å². The van der Waals surface area contributed by atoms with Gasteiger partial charge in [-0.1, -0.05) is 18.2 Å². The van der Waals surface area contributed by atoms with E-state index in [4.69, 9.17) is 0 Å². The average Bonchev–Trinajstić information content (AvgIpc) is 3.35. The maximum atomic E-state index is 12.7. The third kappa shape index (κ3) is 2.94. The lowest BCUT2D eigenvalue weighted by atomic mass is 10.3. The number of hydrogen-bond donors (Lipinski definition) is 1. The molecule has 1 aromatic carbocycles. The Kier molecular flexibility index (Phi) is 3.90. The molecule has 0 bridgehead atoms. The van der Waals surface area contributed by atoms with Crippen molar-refractivity contribution in [2.45, 2.75) is 0 Å². The Hall–Kier alpha value is -3.95. The lowest BCUT2D eigenvalue weighted by molar-refractivity contribution is -0.117. The molecule has 4 aromatic rings. The van der Waals surface area contributed by atoms with E-state index in [2.05, 4.69) is 20.2 Å². The smallest absolute Gasteiger partial charge is 0.263 e. The largest absolute Gasteiger partial charge is 0.331 e. The van der Waals surface area contributed by atoms with Gasteiger partial charge in [0.15, 0.2) is 5.65 Å². The van der Waals surface area contributed by atoms with Gasteiger partial charge in [0.1, 0.15) is 11.9 Å². The van der Waals surface area contributed by atoms with E-state index >= 15 is 0 Å². The van der Waals surface area contributed by atoms with Crippen LogP contribution in [0.25, 0.3) is 16.7 Å². The number of H-pyrrole nitrogens is 1. The summed E-state index contributed by atoms with van der Waals surface area (Å²) in [4.78, 5) is 36.1. The molecule has 0 aliphatic carbocycles. The van der Waals surface area contributed by atoms with Crippen LogP contribution in [0.5, 0.6) is 0 Å². The van der Waals surface area contributed by atoms with Crippen LogP contribution in [-0.4, -0.2) is 55.1 Å². The first-order valence-corrected chi connectivity index (χ1v) is 9.17. The summed E-state index contributed by atoms with van der Waals surface area (Å²) >= 11 is 0. The molecule has 0 atom stereocenters. The molecule has 0 saturated carbocycles. The van der Waals surface area contributed by atoms with Crippen LogP contribution >= 0.6 is 0 Å². The summed E-state index contributed by atoms with van der Waals surface area (Å²) in [6.07, 6.45) is 4.97. The van der Waals surface area contributed by atoms with E-state index in [-0.39, 0.29) is 18.0 Å². The van der Waals surface area contributed by atoms with E-state index in [9.17, 15) is 9.59 Å². The third-order valence-electron chi connectivity index (χ3n) is 4.95. The lowest BCUT2D eigenvalue weighted by Gasteiger charge is -2.33. The van der Waals surface area contributed by atoms with Crippen LogP contribution in [0, 0.1) is 0 Å². The minimum Gasteiger partial charge on any atom is -0.331 e. The summed E-state index contributed by atoms with van der Waals surface area (Å²) in [5.41, 5.74) is 1.74. The van der Waals surface area contributed by atoms with Gasteiger partial charge in [0.2, 0.25) is 11.9 Å². The Labute approximate surface area is 165 Å². The minimum atomic E-state index is -0.283. The molecule has 10 heteroatoms. The second-order valence-corrected chi connectivity index (χ2v) is 6.86. The highest BCUT2D eigenvalue weighted by atomic mass is 16.2. The normalized spacial score (nSPS) is 14.7. The van der Waals surface area contributed by atoms with Gasteiger partial charge in [-0.25, -0.2) is 4.68 Å². The molecule has 1 aliphatic rings. The van der Waals surface area contributed by atoms with Crippen molar-refractivity contribution in [2.75, 3.05) is 29.4 Å². The van der Waals surface area contributed by atoms with Crippen LogP contribution in [-0.2, 0) is 11.8 Å². The van der Waals surface area contributed by atoms with Crippen LogP contribution in [0.4, 0.5) is 11.6 Å². The topological polar surface area (TPSA) is 105 Å². The number of aromatic nitrogens is 6. The molecular formula is C19H18N8O2. The van der Waals surface area contributed by atoms with Crippen LogP contribution in [0.2, 0.25) is 0 Å². The van der Waals surface area contributed by atoms with Crippen LogP contribution in [0.1, 0.15) is 0 Å². The number of amides is 1. The van der Waals surface area contributed by atoms with Gasteiger partial charge in [-0.15, -0.1) is 0 Å². The number of fused-ring (bicyclic) bond motifs is 1. The van der Waals surface area contributed by atoms with Gasteiger partial charge in [-0.3, -0.25) is 19.3 Å². The summed E-state index contributed by atoms with van der Waals surface area (Å²) in [6.45, 7) is 1.13. The molecule has 10 nitrogen and oxygen atoms in total. The molecule has 1 aliphatic heterocycles. The first-order valence-electron chi connectivity index (χ1n) is 9.17. The molecule has 146 valence electrons. The van der Waals surface area contributed by atoms with E-state index in [0.717, 1.165) is 11.4 Å². The van der Waals surface area contributed by atoms with Gasteiger partial charge in [-0.05, 0) is 12.1 Å². The molecular weight excluding hydrogens is 372 g/mol. The lowest BCUT2D eigenvalue weighted by Crippen LogP contribution is -2.51. The molecule has 1 fully saturated rings. The molecule has 1 saturated heterocycles. The third-order valence-corrected chi connectivity index (χ3v) is 4.95. The fourth-order valence-corrected chi connectivity index (χ4v) is 3.49. The first-order chi connectivity index (χ1) is 14.1. The van der Waals surface area contributed by atoms with E-state index in [0.29, 0.717) is 30.1 Å². The number of aryl methyl sites for hydroxylation is 1. The van der Waals surface area contributed by atoms with Crippen molar-refractivity contribution < 1.29 is 4.79 Å². The summed E-state index contributed by atoms with van der Waals surface area (Å²) in [7, 11) is 1.81. The summed E-state index contributed by atoms with van der Waals surface area (Å²) in [5, 5.41) is 8.84. The zero-order valence-electron chi connectivity index (χ0n) is 15.7. The molecule has 0 radical (unpaired) electrons. The van der Waals surface area contributed by atoms with Gasteiger partial charge in [0, 0.05) is 26.3 Å². The number of anilines is 2. The Balaban J connectivity index is 1.48. The van der Waals surface area contributed by atoms with Crippen molar-refractivity contribution in [3.05, 3.63) is 59.3 Å². The first kappa shape index (κ1) is 17.2. The highest BCUT2D eigenvalue weighted by Crippen LogP contribution is 2.20. The highest BCUT2D eigenvalue weighted by molar-refractivity contribution is 5.97. The van der Waals surface area contributed by atoms with E-state index in [1.165, 1.54) is 6.20 Å². The Bertz CT molecular complexity index is 1260. The van der Waals surface area contributed by atoms with Gasteiger partial charge in [0.05, 0.1) is 23.8 Å². The number of benzene rings is 1. The van der Waals surface area contributed by atoms with E-state index in [1.807, 2.05) is 37.4 Å². The summed E-state index contributed by atoms with van der Waals surface area (Å²) in [5.74, 6) is 0.280. The van der Waals surface area contributed by atoms with Crippen LogP contribution < -0.4 is 15.4 Å². The van der Waals surface area contributed by atoms with Crippen molar-refractivity contribution in [2.24, 2.45) is 7.05 Å². The number of nitrogens with one attached hydrogen (secondary N) is 1.